The molecule has 2 rings (SSSR count). The molecule has 1 aliphatic rings. The van der Waals surface area contributed by atoms with Crippen LogP contribution in [0.2, 0.25) is 0 Å². The van der Waals surface area contributed by atoms with E-state index in [1.54, 1.807) is 19.2 Å². The number of methoxy groups -OCH3 is 1. The van der Waals surface area contributed by atoms with E-state index in [2.05, 4.69) is 21.4 Å². The zero-order chi connectivity index (χ0) is 13.2. The highest BCUT2D eigenvalue weighted by Gasteiger charge is 2.39. The normalized spacial score (nSPS) is 19.3. The van der Waals surface area contributed by atoms with Gasteiger partial charge in [-0.3, -0.25) is 11.3 Å². The molecule has 0 bridgehead atoms. The highest BCUT2D eigenvalue weighted by atomic mass is 79.9. The molecule has 0 amide bonds. The van der Waals surface area contributed by atoms with Crippen LogP contribution in [-0.2, 0) is 4.74 Å². The molecule has 1 saturated carbocycles. The van der Waals surface area contributed by atoms with Gasteiger partial charge in [0.15, 0.2) is 0 Å². The van der Waals surface area contributed by atoms with E-state index in [0.29, 0.717) is 12.0 Å². The van der Waals surface area contributed by atoms with E-state index in [1.807, 2.05) is 0 Å². The Kier molecular flexibility index (Phi) is 4.37. The highest BCUT2D eigenvalue weighted by molar-refractivity contribution is 9.10. The van der Waals surface area contributed by atoms with Crippen molar-refractivity contribution in [2.45, 2.75) is 37.3 Å². The lowest BCUT2D eigenvalue weighted by atomic mass is 9.75. The first-order chi connectivity index (χ1) is 8.60. The second kappa shape index (κ2) is 5.65. The zero-order valence-electron chi connectivity index (χ0n) is 10.4. The first-order valence-electron chi connectivity index (χ1n) is 6.06. The number of hydrogen-bond acceptors (Lipinski definition) is 3. The van der Waals surface area contributed by atoms with Gasteiger partial charge in [0.2, 0.25) is 0 Å². The van der Waals surface area contributed by atoms with E-state index in [9.17, 15) is 4.39 Å². The number of rotatable bonds is 5. The number of halogens is 2. The number of benzene rings is 1. The Balaban J connectivity index is 2.20. The van der Waals surface area contributed by atoms with E-state index in [4.69, 9.17) is 10.6 Å². The maximum atomic E-state index is 13.9. The van der Waals surface area contributed by atoms with Crippen LogP contribution in [0, 0.1) is 5.82 Å². The summed E-state index contributed by atoms with van der Waals surface area (Å²) in [5, 5.41) is 0. The third kappa shape index (κ3) is 2.74. The van der Waals surface area contributed by atoms with Crippen molar-refractivity contribution in [3.8, 4) is 0 Å². The molecule has 100 valence electrons. The Hall–Kier alpha value is -0.490. The lowest BCUT2D eigenvalue weighted by Gasteiger charge is -2.42. The summed E-state index contributed by atoms with van der Waals surface area (Å²) in [7, 11) is 1.71. The molecule has 3 nitrogen and oxygen atoms in total. The average molecular weight is 317 g/mol. The summed E-state index contributed by atoms with van der Waals surface area (Å²) in [6.45, 7) is 0. The van der Waals surface area contributed by atoms with E-state index in [1.165, 1.54) is 6.07 Å². The van der Waals surface area contributed by atoms with Gasteiger partial charge in [0.05, 0.1) is 11.6 Å². The lowest BCUT2D eigenvalue weighted by Crippen LogP contribution is -2.44. The molecular formula is C13H18BrFN2O. The Morgan fingerprint density at radius 3 is 2.78 bits per heavy atom. The van der Waals surface area contributed by atoms with E-state index in [-0.39, 0.29) is 17.5 Å². The first kappa shape index (κ1) is 13.9. The Morgan fingerprint density at radius 1 is 1.56 bits per heavy atom. The monoisotopic (exact) mass is 316 g/mol. The van der Waals surface area contributed by atoms with Gasteiger partial charge < -0.3 is 4.74 Å². The first-order valence-corrected chi connectivity index (χ1v) is 6.86. The van der Waals surface area contributed by atoms with Gasteiger partial charge in [-0.25, -0.2) is 4.39 Å². The summed E-state index contributed by atoms with van der Waals surface area (Å²) in [4.78, 5) is 0. The smallest absolute Gasteiger partial charge is 0.128 e. The Labute approximate surface area is 115 Å². The van der Waals surface area contributed by atoms with Gasteiger partial charge in [-0.2, -0.15) is 0 Å². The minimum Gasteiger partial charge on any atom is -0.378 e. The Bertz CT molecular complexity index is 418. The van der Waals surface area contributed by atoms with Crippen LogP contribution in [0.15, 0.2) is 22.7 Å². The average Bonchev–Trinajstić information content (AvgIpc) is 2.32. The molecule has 5 heteroatoms. The standard InChI is InChI=1S/C13H18BrFN2O/c1-18-13(5-2-6-13)8-12(17-16)10-7-9(14)3-4-11(10)15/h3-4,7,12,17H,2,5-6,8,16H2,1H3. The van der Waals surface area contributed by atoms with Crippen molar-refractivity contribution in [2.75, 3.05) is 7.11 Å². The van der Waals surface area contributed by atoms with Crippen LogP contribution in [0.5, 0.6) is 0 Å². The topological polar surface area (TPSA) is 47.3 Å². The molecule has 0 saturated heterocycles. The molecule has 0 heterocycles. The molecule has 1 aliphatic carbocycles. The number of hydrogen-bond donors (Lipinski definition) is 2. The summed E-state index contributed by atoms with van der Waals surface area (Å²) >= 11 is 3.36. The lowest BCUT2D eigenvalue weighted by molar-refractivity contribution is -0.0840. The van der Waals surface area contributed by atoms with E-state index >= 15 is 0 Å². The van der Waals surface area contributed by atoms with Crippen molar-refractivity contribution in [3.05, 3.63) is 34.1 Å². The summed E-state index contributed by atoms with van der Waals surface area (Å²) in [5.74, 6) is 5.33. The van der Waals surface area contributed by atoms with E-state index in [0.717, 1.165) is 23.7 Å². The van der Waals surface area contributed by atoms with Crippen LogP contribution >= 0.6 is 15.9 Å². The summed E-state index contributed by atoms with van der Waals surface area (Å²) in [6, 6.07) is 4.66. The molecule has 1 fully saturated rings. The van der Waals surface area contributed by atoms with Gasteiger partial charge >= 0.3 is 0 Å². The van der Waals surface area contributed by atoms with Crippen molar-refractivity contribution >= 4 is 15.9 Å². The second-order valence-corrected chi connectivity index (χ2v) is 5.75. The number of nitrogens with one attached hydrogen (secondary N) is 1. The van der Waals surface area contributed by atoms with Crippen molar-refractivity contribution in [1.82, 2.24) is 5.43 Å². The third-order valence-corrected chi connectivity index (χ3v) is 4.30. The molecule has 1 unspecified atom stereocenters. The van der Waals surface area contributed by atoms with Crippen molar-refractivity contribution < 1.29 is 9.13 Å². The predicted molar refractivity (Wildman–Crippen MR) is 72.4 cm³/mol. The second-order valence-electron chi connectivity index (χ2n) is 4.83. The summed E-state index contributed by atoms with van der Waals surface area (Å²) in [5.41, 5.74) is 3.14. The van der Waals surface area contributed by atoms with Gasteiger partial charge in [0.1, 0.15) is 5.82 Å². The van der Waals surface area contributed by atoms with Crippen LogP contribution in [0.25, 0.3) is 0 Å². The molecule has 1 atom stereocenters. The van der Waals surface area contributed by atoms with Crippen molar-refractivity contribution in [2.24, 2.45) is 5.84 Å². The molecule has 0 aliphatic heterocycles. The Morgan fingerprint density at radius 2 is 2.28 bits per heavy atom. The van der Waals surface area contributed by atoms with Crippen molar-refractivity contribution in [1.29, 1.82) is 0 Å². The fourth-order valence-electron chi connectivity index (χ4n) is 2.48. The summed E-state index contributed by atoms with van der Waals surface area (Å²) in [6.07, 6.45) is 3.87. The quantitative estimate of drug-likeness (QED) is 0.648. The van der Waals surface area contributed by atoms with Crippen LogP contribution in [0.3, 0.4) is 0 Å². The zero-order valence-corrected chi connectivity index (χ0v) is 12.0. The number of ether oxygens (including phenoxy) is 1. The fraction of sp³-hybridized carbons (Fsp3) is 0.538. The molecule has 18 heavy (non-hydrogen) atoms. The largest absolute Gasteiger partial charge is 0.378 e. The van der Waals surface area contributed by atoms with Crippen LogP contribution < -0.4 is 11.3 Å². The summed E-state index contributed by atoms with van der Waals surface area (Å²) < 4.78 is 20.3. The molecule has 3 N–H and O–H groups in total. The molecule has 0 radical (unpaired) electrons. The van der Waals surface area contributed by atoms with Crippen LogP contribution in [0.4, 0.5) is 4.39 Å². The molecule has 0 aromatic heterocycles. The van der Waals surface area contributed by atoms with Gasteiger partial charge in [0.25, 0.3) is 0 Å². The number of nitrogens with two attached hydrogens (primary N) is 1. The minimum atomic E-state index is -0.244. The van der Waals surface area contributed by atoms with Crippen molar-refractivity contribution in [3.63, 3.8) is 0 Å². The molecule has 0 spiro atoms. The predicted octanol–water partition coefficient (Wildman–Crippen LogP) is 3.05. The molecule has 1 aromatic rings. The highest BCUT2D eigenvalue weighted by Crippen LogP contribution is 2.42. The molecular weight excluding hydrogens is 299 g/mol. The maximum Gasteiger partial charge on any atom is 0.128 e. The molecule has 1 aromatic carbocycles. The van der Waals surface area contributed by atoms with Gasteiger partial charge in [-0.15, -0.1) is 0 Å². The van der Waals surface area contributed by atoms with Gasteiger partial charge in [0, 0.05) is 17.1 Å². The third-order valence-electron chi connectivity index (χ3n) is 3.81. The maximum absolute atomic E-state index is 13.9. The fourth-order valence-corrected chi connectivity index (χ4v) is 2.85. The van der Waals surface area contributed by atoms with Gasteiger partial charge in [-0.05, 0) is 43.9 Å². The number of hydrazine groups is 1. The van der Waals surface area contributed by atoms with Gasteiger partial charge in [-0.1, -0.05) is 15.9 Å². The SMILES string of the molecule is COC1(CC(NN)c2cc(Br)ccc2F)CCC1. The van der Waals surface area contributed by atoms with Crippen LogP contribution in [0.1, 0.15) is 37.3 Å². The minimum absolute atomic E-state index is 0.147. The van der Waals surface area contributed by atoms with E-state index < -0.39 is 0 Å². The van der Waals surface area contributed by atoms with Crippen LogP contribution in [-0.4, -0.2) is 12.7 Å².